The second-order valence-electron chi connectivity index (χ2n) is 5.28. The molecule has 1 aliphatic rings. The lowest BCUT2D eigenvalue weighted by molar-refractivity contribution is 0.400. The van der Waals surface area contributed by atoms with Crippen LogP contribution in [0.15, 0.2) is 28.8 Å². The third-order valence-corrected chi connectivity index (χ3v) is 2.69. The van der Waals surface area contributed by atoms with Crippen LogP contribution in [0.5, 0.6) is 0 Å². The summed E-state index contributed by atoms with van der Waals surface area (Å²) in [6, 6.07) is 0. The average molecular weight is 236 g/mol. The van der Waals surface area contributed by atoms with Crippen LogP contribution in [0.1, 0.15) is 34.1 Å². The summed E-state index contributed by atoms with van der Waals surface area (Å²) in [6.45, 7) is 9.73. The van der Waals surface area contributed by atoms with Gasteiger partial charge in [-0.3, -0.25) is 5.32 Å². The van der Waals surface area contributed by atoms with Crippen LogP contribution in [-0.2, 0) is 4.74 Å². The van der Waals surface area contributed by atoms with Gasteiger partial charge in [-0.25, -0.2) is 4.99 Å². The van der Waals surface area contributed by atoms with Gasteiger partial charge in [-0.2, -0.15) is 0 Å². The largest absolute Gasteiger partial charge is 0.481 e. The van der Waals surface area contributed by atoms with E-state index in [1.807, 2.05) is 6.08 Å². The minimum Gasteiger partial charge on any atom is -0.481 e. The Kier molecular flexibility index (Phi) is 4.94. The first-order valence-electron chi connectivity index (χ1n) is 6.23. The number of methoxy groups -OCH3 is 1. The van der Waals surface area contributed by atoms with E-state index >= 15 is 0 Å². The molecule has 96 valence electrons. The highest BCUT2D eigenvalue weighted by Crippen LogP contribution is 2.27. The Morgan fingerprint density at radius 1 is 1.35 bits per heavy atom. The summed E-state index contributed by atoms with van der Waals surface area (Å²) >= 11 is 0. The Balaban J connectivity index is 2.91. The van der Waals surface area contributed by atoms with Crippen molar-refractivity contribution in [1.29, 1.82) is 0 Å². The van der Waals surface area contributed by atoms with E-state index in [0.29, 0.717) is 5.90 Å². The summed E-state index contributed by atoms with van der Waals surface area (Å²) in [5.41, 5.74) is 1.41. The van der Waals surface area contributed by atoms with Gasteiger partial charge in [-0.15, -0.1) is 0 Å². The second-order valence-corrected chi connectivity index (χ2v) is 5.28. The Bertz CT molecular complexity index is 335. The van der Waals surface area contributed by atoms with Crippen molar-refractivity contribution >= 4 is 5.90 Å². The normalized spacial score (nSPS) is 20.6. The number of hydrogen-bond donors (Lipinski definition) is 1. The zero-order valence-electron chi connectivity index (χ0n) is 11.6. The number of allylic oxidation sites excluding steroid dienone is 2. The highest BCUT2D eigenvalue weighted by atomic mass is 16.5. The quantitative estimate of drug-likeness (QED) is 0.817. The first kappa shape index (κ1) is 14.0. The van der Waals surface area contributed by atoms with Gasteiger partial charge in [0.1, 0.15) is 6.17 Å². The minimum absolute atomic E-state index is 0.00845. The van der Waals surface area contributed by atoms with Crippen molar-refractivity contribution in [3.8, 4) is 0 Å². The van der Waals surface area contributed by atoms with Gasteiger partial charge >= 0.3 is 0 Å². The average Bonchev–Trinajstić information content (AvgIpc) is 2.47. The first-order chi connectivity index (χ1) is 7.97. The van der Waals surface area contributed by atoms with Gasteiger partial charge in [-0.1, -0.05) is 33.8 Å². The fourth-order valence-corrected chi connectivity index (χ4v) is 1.62. The van der Waals surface area contributed by atoms with Crippen LogP contribution in [0.3, 0.4) is 0 Å². The fraction of sp³-hybridized carbons (Fsp3) is 0.643. The molecule has 3 nitrogen and oxygen atoms in total. The van der Waals surface area contributed by atoms with Crippen molar-refractivity contribution in [1.82, 2.24) is 5.32 Å². The Morgan fingerprint density at radius 2 is 2.06 bits per heavy atom. The molecule has 0 radical (unpaired) electrons. The summed E-state index contributed by atoms with van der Waals surface area (Å²) in [5, 5.41) is 3.39. The van der Waals surface area contributed by atoms with Crippen molar-refractivity contribution in [3.63, 3.8) is 0 Å². The molecule has 1 rings (SSSR count). The highest BCUT2D eigenvalue weighted by molar-refractivity contribution is 5.88. The Labute approximate surface area is 105 Å². The number of aliphatic imine (C=N–C) groups is 1. The molecule has 0 bridgehead atoms. The third-order valence-electron chi connectivity index (χ3n) is 2.69. The van der Waals surface area contributed by atoms with Gasteiger partial charge in [0.15, 0.2) is 0 Å². The molecule has 0 fully saturated rings. The van der Waals surface area contributed by atoms with Crippen LogP contribution in [0, 0.1) is 5.41 Å². The predicted octanol–water partition coefficient (Wildman–Crippen LogP) is 2.90. The Morgan fingerprint density at radius 3 is 2.59 bits per heavy atom. The van der Waals surface area contributed by atoms with Crippen LogP contribution in [0.25, 0.3) is 0 Å². The van der Waals surface area contributed by atoms with E-state index in [4.69, 9.17) is 4.74 Å². The van der Waals surface area contributed by atoms with Gasteiger partial charge < -0.3 is 4.74 Å². The maximum atomic E-state index is 5.23. The SMILES string of the molecule is CCCNC1C=C(C(C)(C)C)C=CC(OC)=N1. The Hall–Kier alpha value is -1.09. The summed E-state index contributed by atoms with van der Waals surface area (Å²) in [7, 11) is 1.65. The molecular formula is C14H24N2O. The lowest BCUT2D eigenvalue weighted by atomic mass is 9.85. The lowest BCUT2D eigenvalue weighted by Crippen LogP contribution is -2.28. The van der Waals surface area contributed by atoms with Crippen molar-refractivity contribution in [3.05, 3.63) is 23.8 Å². The van der Waals surface area contributed by atoms with Crippen molar-refractivity contribution in [2.45, 2.75) is 40.3 Å². The van der Waals surface area contributed by atoms with Gasteiger partial charge in [0.25, 0.3) is 0 Å². The van der Waals surface area contributed by atoms with Crippen LogP contribution in [-0.4, -0.2) is 25.7 Å². The predicted molar refractivity (Wildman–Crippen MR) is 73.2 cm³/mol. The molecule has 0 saturated carbocycles. The maximum Gasteiger partial charge on any atom is 0.210 e. The van der Waals surface area contributed by atoms with Crippen LogP contribution in [0.2, 0.25) is 0 Å². The van der Waals surface area contributed by atoms with Gasteiger partial charge in [-0.05, 0) is 30.0 Å². The number of nitrogens with zero attached hydrogens (tertiary/aromatic N) is 1. The zero-order valence-corrected chi connectivity index (χ0v) is 11.6. The summed E-state index contributed by atoms with van der Waals surface area (Å²) in [5.74, 6) is 0.675. The topological polar surface area (TPSA) is 33.6 Å². The summed E-state index contributed by atoms with van der Waals surface area (Å²) in [6.07, 6.45) is 7.31. The molecule has 3 heteroatoms. The number of hydrogen-bond acceptors (Lipinski definition) is 3. The summed E-state index contributed by atoms with van der Waals surface area (Å²) < 4.78 is 5.23. The second kappa shape index (κ2) is 6.01. The van der Waals surface area contributed by atoms with Crippen LogP contribution >= 0.6 is 0 Å². The number of ether oxygens (including phenoxy) is 1. The summed E-state index contributed by atoms with van der Waals surface area (Å²) in [4.78, 5) is 4.52. The van der Waals surface area contributed by atoms with E-state index in [-0.39, 0.29) is 11.6 Å². The van der Waals surface area contributed by atoms with E-state index in [2.05, 4.69) is 50.2 Å². The van der Waals surface area contributed by atoms with Crippen molar-refractivity contribution in [2.24, 2.45) is 10.4 Å². The van der Waals surface area contributed by atoms with E-state index in [0.717, 1.165) is 13.0 Å². The van der Waals surface area contributed by atoms with Crippen LogP contribution < -0.4 is 5.32 Å². The molecular weight excluding hydrogens is 212 g/mol. The molecule has 0 spiro atoms. The first-order valence-corrected chi connectivity index (χ1v) is 6.23. The van der Waals surface area contributed by atoms with Gasteiger partial charge in [0, 0.05) is 6.08 Å². The van der Waals surface area contributed by atoms with E-state index in [1.54, 1.807) is 7.11 Å². The van der Waals surface area contributed by atoms with E-state index in [9.17, 15) is 0 Å². The molecule has 1 aliphatic heterocycles. The monoisotopic (exact) mass is 236 g/mol. The third kappa shape index (κ3) is 4.35. The number of nitrogens with one attached hydrogen (secondary N) is 1. The molecule has 0 saturated heterocycles. The van der Waals surface area contributed by atoms with Gasteiger partial charge in [0.2, 0.25) is 5.90 Å². The van der Waals surface area contributed by atoms with E-state index < -0.39 is 0 Å². The maximum absolute atomic E-state index is 5.23. The van der Waals surface area contributed by atoms with E-state index in [1.165, 1.54) is 5.57 Å². The smallest absolute Gasteiger partial charge is 0.210 e. The standard InChI is InChI=1S/C14H24N2O/c1-6-9-15-12-10-11(14(2,3)4)7-8-13(16-12)17-5/h7-8,10,12,15H,6,9H2,1-5H3. The van der Waals surface area contributed by atoms with Gasteiger partial charge in [0.05, 0.1) is 7.11 Å². The molecule has 0 amide bonds. The molecule has 17 heavy (non-hydrogen) atoms. The molecule has 1 N–H and O–H groups in total. The molecule has 1 heterocycles. The molecule has 0 aliphatic carbocycles. The lowest BCUT2D eigenvalue weighted by Gasteiger charge is -2.21. The zero-order chi connectivity index (χ0) is 12.9. The highest BCUT2D eigenvalue weighted by Gasteiger charge is 2.18. The molecule has 1 atom stereocenters. The van der Waals surface area contributed by atoms with Crippen molar-refractivity contribution < 1.29 is 4.74 Å². The van der Waals surface area contributed by atoms with Crippen molar-refractivity contribution in [2.75, 3.05) is 13.7 Å². The molecule has 0 aromatic rings. The fourth-order valence-electron chi connectivity index (χ4n) is 1.62. The molecule has 1 unspecified atom stereocenters. The molecule has 0 aromatic heterocycles. The number of rotatable bonds is 3. The molecule has 0 aromatic carbocycles. The minimum atomic E-state index is 0.00845. The van der Waals surface area contributed by atoms with Crippen LogP contribution in [0.4, 0.5) is 0 Å².